The Balaban J connectivity index is 1.47. The minimum Gasteiger partial charge on any atom is -0.484 e. The minimum absolute atomic E-state index is 0.00659. The van der Waals surface area contributed by atoms with Crippen molar-refractivity contribution in [2.45, 2.75) is 19.4 Å². The number of hydrogen-bond donors (Lipinski definition) is 0. The Morgan fingerprint density at radius 3 is 2.32 bits per heavy atom. The summed E-state index contributed by atoms with van der Waals surface area (Å²) in [6.07, 6.45) is 0.236. The van der Waals surface area contributed by atoms with E-state index in [2.05, 4.69) is 0 Å². The molecule has 0 saturated carbocycles. The Morgan fingerprint density at radius 1 is 1.12 bits per heavy atom. The fourth-order valence-electron chi connectivity index (χ4n) is 3.18. The highest BCUT2D eigenvalue weighted by Crippen LogP contribution is 2.19. The lowest BCUT2D eigenvalue weighted by Gasteiger charge is -2.36. The van der Waals surface area contributed by atoms with Crippen LogP contribution in [-0.2, 0) is 14.4 Å². The van der Waals surface area contributed by atoms with Crippen LogP contribution in [0.25, 0.3) is 0 Å². The molecular weight excluding hydrogens is 322 g/mol. The molecular formula is C18H23N3O4. The van der Waals surface area contributed by atoms with E-state index >= 15 is 0 Å². The van der Waals surface area contributed by atoms with Gasteiger partial charge in [0.1, 0.15) is 5.75 Å². The number of aryl methyl sites for hydroxylation is 1. The Morgan fingerprint density at radius 2 is 1.76 bits per heavy atom. The van der Waals surface area contributed by atoms with Gasteiger partial charge >= 0.3 is 0 Å². The molecule has 25 heavy (non-hydrogen) atoms. The zero-order valence-corrected chi connectivity index (χ0v) is 14.6. The monoisotopic (exact) mass is 345 g/mol. The molecule has 1 aromatic carbocycles. The third-order valence-corrected chi connectivity index (χ3v) is 4.85. The fourth-order valence-corrected chi connectivity index (χ4v) is 3.18. The molecule has 2 heterocycles. The summed E-state index contributed by atoms with van der Waals surface area (Å²) in [6, 6.07) is 7.20. The quantitative estimate of drug-likeness (QED) is 0.733. The van der Waals surface area contributed by atoms with Gasteiger partial charge in [-0.1, -0.05) is 17.7 Å². The summed E-state index contributed by atoms with van der Waals surface area (Å²) in [5.41, 5.74) is 1.14. The van der Waals surface area contributed by atoms with Crippen molar-refractivity contribution < 1.29 is 19.1 Å². The molecule has 0 radical (unpaired) electrons. The van der Waals surface area contributed by atoms with E-state index in [0.29, 0.717) is 31.9 Å². The maximum absolute atomic E-state index is 12.3. The molecule has 3 amide bonds. The number of hydrogen-bond acceptors (Lipinski definition) is 5. The lowest BCUT2D eigenvalue weighted by atomic mass is 10.1. The predicted octanol–water partition coefficient (Wildman–Crippen LogP) is 0.275. The molecule has 0 aromatic heterocycles. The van der Waals surface area contributed by atoms with E-state index < -0.39 is 0 Å². The Bertz CT molecular complexity index is 665. The number of imide groups is 1. The zero-order chi connectivity index (χ0) is 18.0. The van der Waals surface area contributed by atoms with E-state index in [0.717, 1.165) is 5.56 Å². The second kappa shape index (κ2) is 7.23. The van der Waals surface area contributed by atoms with Crippen LogP contribution in [0.5, 0.6) is 5.75 Å². The molecule has 7 nitrogen and oxygen atoms in total. The summed E-state index contributed by atoms with van der Waals surface area (Å²) < 4.78 is 5.54. The molecule has 0 aliphatic carbocycles. The molecule has 0 spiro atoms. The Labute approximate surface area is 147 Å². The number of carbonyl (C=O) groups is 3. The molecule has 2 fully saturated rings. The number of ether oxygens (including phenoxy) is 1. The van der Waals surface area contributed by atoms with E-state index in [9.17, 15) is 14.4 Å². The van der Waals surface area contributed by atoms with Gasteiger partial charge in [-0.25, -0.2) is 0 Å². The third-order valence-electron chi connectivity index (χ3n) is 4.85. The first-order valence-electron chi connectivity index (χ1n) is 8.47. The molecule has 3 rings (SSSR count). The molecule has 2 aliphatic heterocycles. The average Bonchev–Trinajstić information content (AvgIpc) is 2.88. The van der Waals surface area contributed by atoms with Gasteiger partial charge in [-0.15, -0.1) is 0 Å². The summed E-state index contributed by atoms with van der Waals surface area (Å²) in [6.45, 7) is 4.26. The Kier molecular flexibility index (Phi) is 5.03. The maximum Gasteiger partial charge on any atom is 0.260 e. The number of likely N-dealkylation sites (tertiary alicyclic amines) is 1. The summed E-state index contributed by atoms with van der Waals surface area (Å²) in [7, 11) is 1.52. The minimum atomic E-state index is -0.376. The van der Waals surface area contributed by atoms with Crippen LogP contribution in [0.15, 0.2) is 24.3 Å². The molecule has 1 unspecified atom stereocenters. The highest BCUT2D eigenvalue weighted by Gasteiger charge is 2.40. The summed E-state index contributed by atoms with van der Waals surface area (Å²) in [4.78, 5) is 40.9. The first kappa shape index (κ1) is 17.4. The topological polar surface area (TPSA) is 70.2 Å². The molecule has 0 N–H and O–H groups in total. The number of nitrogens with zero attached hydrogens (tertiary/aromatic N) is 3. The van der Waals surface area contributed by atoms with Crippen molar-refractivity contribution in [2.75, 3.05) is 39.8 Å². The van der Waals surface area contributed by atoms with Crippen LogP contribution in [-0.4, -0.2) is 78.3 Å². The van der Waals surface area contributed by atoms with Gasteiger partial charge in [0.2, 0.25) is 11.8 Å². The molecule has 134 valence electrons. The van der Waals surface area contributed by atoms with Gasteiger partial charge in [-0.3, -0.25) is 24.2 Å². The number of amides is 3. The average molecular weight is 345 g/mol. The summed E-state index contributed by atoms with van der Waals surface area (Å²) >= 11 is 0. The van der Waals surface area contributed by atoms with E-state index in [1.54, 1.807) is 4.90 Å². The fraction of sp³-hybridized carbons (Fsp3) is 0.500. The second-order valence-electron chi connectivity index (χ2n) is 6.53. The van der Waals surface area contributed by atoms with Crippen molar-refractivity contribution in [3.63, 3.8) is 0 Å². The number of piperazine rings is 1. The maximum atomic E-state index is 12.3. The van der Waals surface area contributed by atoms with Crippen molar-refractivity contribution in [2.24, 2.45) is 0 Å². The van der Waals surface area contributed by atoms with Crippen LogP contribution in [0, 0.1) is 6.92 Å². The van der Waals surface area contributed by atoms with Crippen molar-refractivity contribution in [3.05, 3.63) is 29.8 Å². The second-order valence-corrected chi connectivity index (χ2v) is 6.53. The molecule has 1 aromatic rings. The zero-order valence-electron chi connectivity index (χ0n) is 14.6. The molecule has 1 atom stereocenters. The summed E-state index contributed by atoms with van der Waals surface area (Å²) in [5.74, 6) is 0.328. The van der Waals surface area contributed by atoms with Crippen molar-refractivity contribution in [1.82, 2.24) is 14.7 Å². The van der Waals surface area contributed by atoms with Gasteiger partial charge in [0.15, 0.2) is 6.61 Å². The molecule has 2 saturated heterocycles. The smallest absolute Gasteiger partial charge is 0.260 e. The lowest BCUT2D eigenvalue weighted by molar-refractivity contribution is -0.138. The van der Waals surface area contributed by atoms with Crippen LogP contribution in [0.1, 0.15) is 12.0 Å². The largest absolute Gasteiger partial charge is 0.484 e. The Hall–Kier alpha value is -2.41. The number of likely N-dealkylation sites (N-methyl/N-ethyl adjacent to an activating group) is 1. The molecule has 7 heteroatoms. The van der Waals surface area contributed by atoms with Crippen LogP contribution < -0.4 is 4.74 Å². The molecule has 2 aliphatic rings. The molecule has 0 bridgehead atoms. The van der Waals surface area contributed by atoms with E-state index in [4.69, 9.17) is 4.74 Å². The van der Waals surface area contributed by atoms with Crippen LogP contribution >= 0.6 is 0 Å². The number of carbonyl (C=O) groups excluding carboxylic acids is 3. The van der Waals surface area contributed by atoms with Gasteiger partial charge in [-0.05, 0) is 19.1 Å². The number of benzene rings is 1. The van der Waals surface area contributed by atoms with Crippen molar-refractivity contribution >= 4 is 17.7 Å². The van der Waals surface area contributed by atoms with Gasteiger partial charge in [0, 0.05) is 33.2 Å². The van der Waals surface area contributed by atoms with E-state index in [-0.39, 0.29) is 36.8 Å². The van der Waals surface area contributed by atoms with Crippen LogP contribution in [0.4, 0.5) is 0 Å². The highest BCUT2D eigenvalue weighted by molar-refractivity contribution is 6.05. The standard InChI is InChI=1S/C18H23N3O4/c1-13-3-5-14(6-4-13)25-12-17(23)21-9-7-20(8-10-21)15-11-16(22)19(2)18(15)24/h3-6,15H,7-12H2,1-2H3. The SMILES string of the molecule is Cc1ccc(OCC(=O)N2CCN(C3CC(=O)N(C)C3=O)CC2)cc1. The van der Waals surface area contributed by atoms with Gasteiger partial charge < -0.3 is 9.64 Å². The van der Waals surface area contributed by atoms with Crippen LogP contribution in [0.2, 0.25) is 0 Å². The van der Waals surface area contributed by atoms with Gasteiger partial charge in [-0.2, -0.15) is 0 Å². The van der Waals surface area contributed by atoms with Gasteiger partial charge in [0.05, 0.1) is 12.5 Å². The van der Waals surface area contributed by atoms with Crippen LogP contribution in [0.3, 0.4) is 0 Å². The van der Waals surface area contributed by atoms with E-state index in [1.165, 1.54) is 11.9 Å². The van der Waals surface area contributed by atoms with Crippen molar-refractivity contribution in [1.29, 1.82) is 0 Å². The lowest BCUT2D eigenvalue weighted by Crippen LogP contribution is -2.54. The first-order valence-corrected chi connectivity index (χ1v) is 8.47. The van der Waals surface area contributed by atoms with Crippen molar-refractivity contribution in [3.8, 4) is 5.75 Å². The summed E-state index contributed by atoms with van der Waals surface area (Å²) in [5, 5.41) is 0. The third kappa shape index (κ3) is 3.82. The first-order chi connectivity index (χ1) is 12.0. The number of rotatable bonds is 4. The van der Waals surface area contributed by atoms with Gasteiger partial charge in [0.25, 0.3) is 5.91 Å². The highest BCUT2D eigenvalue weighted by atomic mass is 16.5. The van der Waals surface area contributed by atoms with E-state index in [1.807, 2.05) is 36.1 Å². The predicted molar refractivity (Wildman–Crippen MR) is 91.0 cm³/mol. The normalized spacial score (nSPS) is 21.8.